The van der Waals surface area contributed by atoms with Crippen LogP contribution in [0.3, 0.4) is 0 Å². The van der Waals surface area contributed by atoms with Crippen molar-refractivity contribution in [1.29, 1.82) is 0 Å². The number of benzene rings is 4. The molecule has 0 saturated heterocycles. The van der Waals surface area contributed by atoms with Crippen LogP contribution >= 0.6 is 0 Å². The maximum Gasteiger partial charge on any atom is 0.255 e. The summed E-state index contributed by atoms with van der Waals surface area (Å²) in [6.45, 7) is 1.98. The van der Waals surface area contributed by atoms with Crippen molar-refractivity contribution in [3.05, 3.63) is 108 Å². The van der Waals surface area contributed by atoms with Crippen molar-refractivity contribution in [1.82, 2.24) is 5.32 Å². The van der Waals surface area contributed by atoms with Crippen LogP contribution in [0.4, 0.5) is 0 Å². The van der Waals surface area contributed by atoms with Gasteiger partial charge in [0.15, 0.2) is 0 Å². The normalized spacial score (nSPS) is 11.6. The lowest BCUT2D eigenvalue weighted by atomic mass is 10.0. The molecule has 2 N–H and O–H groups in total. The minimum absolute atomic E-state index is 0.0337. The fourth-order valence-electron chi connectivity index (χ4n) is 3.89. The van der Waals surface area contributed by atoms with Crippen molar-refractivity contribution in [2.45, 2.75) is 32.4 Å². The molecule has 1 amide bonds. The molecule has 4 rings (SSSR count). The monoisotopic (exact) mass is 497 g/mol. The van der Waals surface area contributed by atoms with Gasteiger partial charge in [-0.3, -0.25) is 4.79 Å². The first-order valence-electron chi connectivity index (χ1n) is 12.3. The second-order valence-electron chi connectivity index (χ2n) is 8.99. The number of hydrogen-bond acceptors (Lipinski definition) is 5. The van der Waals surface area contributed by atoms with E-state index < -0.39 is 6.10 Å². The number of aliphatic hydroxyl groups excluding tert-OH is 1. The third-order valence-electron chi connectivity index (χ3n) is 5.95. The molecule has 0 radical (unpaired) electrons. The van der Waals surface area contributed by atoms with Gasteiger partial charge in [-0.2, -0.15) is 0 Å². The van der Waals surface area contributed by atoms with Crippen molar-refractivity contribution in [3.8, 4) is 11.5 Å². The van der Waals surface area contributed by atoms with E-state index in [-0.39, 0.29) is 24.9 Å². The second-order valence-corrected chi connectivity index (χ2v) is 8.99. The summed E-state index contributed by atoms with van der Waals surface area (Å²) in [5.74, 6) is 0.933. The van der Waals surface area contributed by atoms with E-state index >= 15 is 0 Å². The topological polar surface area (TPSA) is 84.9 Å². The van der Waals surface area contributed by atoms with Crippen molar-refractivity contribution >= 4 is 22.5 Å². The van der Waals surface area contributed by atoms with E-state index in [0.29, 0.717) is 36.4 Å². The Bertz CT molecular complexity index is 1340. The van der Waals surface area contributed by atoms with Crippen LogP contribution in [0.2, 0.25) is 0 Å². The number of hydrogen-bond donors (Lipinski definition) is 2. The molecule has 0 aliphatic rings. The minimum Gasteiger partial charge on any atom is -0.491 e. The number of amides is 1. The van der Waals surface area contributed by atoms with E-state index in [9.17, 15) is 14.7 Å². The number of aliphatic hydroxyl groups is 1. The molecular formula is C31H31NO5. The summed E-state index contributed by atoms with van der Waals surface area (Å²) < 4.78 is 11.6. The highest BCUT2D eigenvalue weighted by Crippen LogP contribution is 2.26. The number of nitrogens with one attached hydrogen (secondary N) is 1. The van der Waals surface area contributed by atoms with Crippen LogP contribution in [0, 0.1) is 0 Å². The number of carbonyl (C=O) groups excluding carboxylic acids is 2. The Morgan fingerprint density at radius 3 is 2.16 bits per heavy atom. The van der Waals surface area contributed by atoms with Crippen molar-refractivity contribution in [2.24, 2.45) is 0 Å². The first-order valence-corrected chi connectivity index (χ1v) is 12.3. The summed E-state index contributed by atoms with van der Waals surface area (Å²) >= 11 is 0. The Hall–Kier alpha value is -4.16. The van der Waals surface area contributed by atoms with Crippen LogP contribution in [0.1, 0.15) is 34.8 Å². The van der Waals surface area contributed by atoms with Gasteiger partial charge in [-0.25, -0.2) is 0 Å². The number of ether oxygens (including phenoxy) is 2. The largest absolute Gasteiger partial charge is 0.491 e. The summed E-state index contributed by atoms with van der Waals surface area (Å²) in [7, 11) is 0. The van der Waals surface area contributed by atoms with Gasteiger partial charge in [-0.15, -0.1) is 0 Å². The molecule has 6 heteroatoms. The van der Waals surface area contributed by atoms with Crippen molar-refractivity contribution in [3.63, 3.8) is 0 Å². The van der Waals surface area contributed by atoms with Gasteiger partial charge < -0.3 is 24.7 Å². The molecule has 0 aromatic heterocycles. The number of fused-ring (bicyclic) bond motifs is 1. The number of carbonyl (C=O) groups is 2. The third-order valence-corrected chi connectivity index (χ3v) is 5.95. The molecule has 4 aromatic carbocycles. The molecule has 0 aliphatic carbocycles. The standard InChI is InChI=1S/C31H31NO5/c1-22(33)11-12-23-13-15-28(16-14-23)36-20-27(34)21-37-30-18-26-10-6-5-9-25(26)17-29(30)31(35)32-19-24-7-3-2-4-8-24/h2-10,13-18,27,34H,11-12,19-21H2,1H3,(H,32,35)/t27-/m1/s1. The van der Waals surface area contributed by atoms with Gasteiger partial charge in [0, 0.05) is 13.0 Å². The molecule has 37 heavy (non-hydrogen) atoms. The summed E-state index contributed by atoms with van der Waals surface area (Å²) in [5.41, 5.74) is 2.46. The zero-order chi connectivity index (χ0) is 26.0. The summed E-state index contributed by atoms with van der Waals surface area (Å²) in [6, 6.07) is 28.5. The van der Waals surface area contributed by atoms with E-state index in [1.807, 2.05) is 91.0 Å². The molecule has 0 aliphatic heterocycles. The maximum absolute atomic E-state index is 13.1. The van der Waals surface area contributed by atoms with Gasteiger partial charge in [-0.1, -0.05) is 66.7 Å². The van der Waals surface area contributed by atoms with Gasteiger partial charge in [0.25, 0.3) is 5.91 Å². The highest BCUT2D eigenvalue weighted by Gasteiger charge is 2.16. The van der Waals surface area contributed by atoms with E-state index in [0.717, 1.165) is 21.9 Å². The SMILES string of the molecule is CC(=O)CCc1ccc(OC[C@@H](O)COc2cc3ccccc3cc2C(=O)NCc2ccccc2)cc1. The molecule has 190 valence electrons. The fourth-order valence-corrected chi connectivity index (χ4v) is 3.89. The summed E-state index contributed by atoms with van der Waals surface area (Å²) in [5, 5.41) is 15.3. The lowest BCUT2D eigenvalue weighted by Gasteiger charge is -2.17. The first kappa shape index (κ1) is 25.9. The average Bonchev–Trinajstić information content (AvgIpc) is 2.93. The number of rotatable bonds is 12. The lowest BCUT2D eigenvalue weighted by molar-refractivity contribution is -0.116. The maximum atomic E-state index is 13.1. The lowest BCUT2D eigenvalue weighted by Crippen LogP contribution is -2.27. The van der Waals surface area contributed by atoms with Crippen LogP contribution in [0.25, 0.3) is 10.8 Å². The molecule has 0 bridgehead atoms. The Morgan fingerprint density at radius 1 is 0.811 bits per heavy atom. The molecule has 4 aromatic rings. The van der Waals surface area contributed by atoms with Gasteiger partial charge in [0.2, 0.25) is 0 Å². The average molecular weight is 498 g/mol. The predicted molar refractivity (Wildman–Crippen MR) is 144 cm³/mol. The third kappa shape index (κ3) is 7.66. The van der Waals surface area contributed by atoms with Crippen molar-refractivity contribution in [2.75, 3.05) is 13.2 Å². The molecule has 0 spiro atoms. The van der Waals surface area contributed by atoms with E-state index in [1.54, 1.807) is 6.92 Å². The number of Topliss-reactive ketones (excluding diaryl/α,β-unsaturated/α-hetero) is 1. The Morgan fingerprint density at radius 2 is 1.46 bits per heavy atom. The van der Waals surface area contributed by atoms with Gasteiger partial charge in [-0.05, 0) is 59.5 Å². The van der Waals surface area contributed by atoms with Crippen LogP contribution in [0.15, 0.2) is 91.0 Å². The molecule has 0 fully saturated rings. The summed E-state index contributed by atoms with van der Waals surface area (Å²) in [6.07, 6.45) is 0.306. The van der Waals surface area contributed by atoms with Crippen LogP contribution in [-0.2, 0) is 17.8 Å². The zero-order valence-electron chi connectivity index (χ0n) is 20.9. The van der Waals surface area contributed by atoms with Crippen LogP contribution < -0.4 is 14.8 Å². The highest BCUT2D eigenvalue weighted by atomic mass is 16.5. The molecule has 0 heterocycles. The van der Waals surface area contributed by atoms with E-state index in [2.05, 4.69) is 5.32 Å². The first-order chi connectivity index (χ1) is 18.0. The second kappa shape index (κ2) is 12.7. The Labute approximate surface area is 216 Å². The zero-order valence-corrected chi connectivity index (χ0v) is 20.9. The number of aryl methyl sites for hydroxylation is 1. The predicted octanol–water partition coefficient (Wildman–Crippen LogP) is 5.11. The molecule has 1 atom stereocenters. The highest BCUT2D eigenvalue weighted by molar-refractivity contribution is 6.01. The van der Waals surface area contributed by atoms with E-state index in [4.69, 9.17) is 9.47 Å². The fraction of sp³-hybridized carbons (Fsp3) is 0.226. The van der Waals surface area contributed by atoms with Gasteiger partial charge in [0.1, 0.15) is 36.6 Å². The van der Waals surface area contributed by atoms with Gasteiger partial charge in [0.05, 0.1) is 5.56 Å². The smallest absolute Gasteiger partial charge is 0.255 e. The van der Waals surface area contributed by atoms with Crippen molar-refractivity contribution < 1.29 is 24.2 Å². The number of ketones is 1. The Balaban J connectivity index is 1.37. The molecular weight excluding hydrogens is 466 g/mol. The molecule has 0 saturated carbocycles. The summed E-state index contributed by atoms with van der Waals surface area (Å²) in [4.78, 5) is 24.2. The molecule has 0 unspecified atom stereocenters. The van der Waals surface area contributed by atoms with E-state index in [1.165, 1.54) is 0 Å². The molecule has 6 nitrogen and oxygen atoms in total. The Kier molecular flexibility index (Phi) is 8.89. The minimum atomic E-state index is -0.899. The van der Waals surface area contributed by atoms with Crippen LogP contribution in [-0.4, -0.2) is 36.1 Å². The van der Waals surface area contributed by atoms with Crippen LogP contribution in [0.5, 0.6) is 11.5 Å². The van der Waals surface area contributed by atoms with Gasteiger partial charge >= 0.3 is 0 Å². The quantitative estimate of drug-likeness (QED) is 0.284.